The van der Waals surface area contributed by atoms with Crippen LogP contribution in [-0.4, -0.2) is 20.3 Å². The van der Waals surface area contributed by atoms with E-state index in [2.05, 4.69) is 30.7 Å². The predicted molar refractivity (Wildman–Crippen MR) is 64.4 cm³/mol. The zero-order valence-corrected chi connectivity index (χ0v) is 10.3. The number of thiophene rings is 1. The van der Waals surface area contributed by atoms with E-state index in [1.165, 1.54) is 23.3 Å². The van der Waals surface area contributed by atoms with E-state index >= 15 is 0 Å². The highest BCUT2D eigenvalue weighted by molar-refractivity contribution is 7.10. The molecule has 1 aromatic rings. The van der Waals surface area contributed by atoms with E-state index in [4.69, 9.17) is 4.74 Å². The van der Waals surface area contributed by atoms with Gasteiger partial charge >= 0.3 is 0 Å². The minimum Gasteiger partial charge on any atom is -0.381 e. The second-order valence-corrected chi connectivity index (χ2v) is 5.27. The highest BCUT2D eigenvalue weighted by Gasteiger charge is 2.25. The van der Waals surface area contributed by atoms with E-state index in [1.807, 2.05) is 11.3 Å². The minimum absolute atomic E-state index is 0.514. The van der Waals surface area contributed by atoms with Crippen LogP contribution in [0.1, 0.15) is 29.3 Å². The molecule has 0 aliphatic carbocycles. The van der Waals surface area contributed by atoms with E-state index in [1.54, 1.807) is 0 Å². The third-order valence-electron chi connectivity index (χ3n) is 3.28. The number of rotatable bonds is 3. The highest BCUT2D eigenvalue weighted by Crippen LogP contribution is 2.33. The van der Waals surface area contributed by atoms with Gasteiger partial charge in [-0.25, -0.2) is 0 Å². The third kappa shape index (κ3) is 2.41. The molecule has 1 N–H and O–H groups in total. The molecule has 84 valence electrons. The first kappa shape index (κ1) is 11.1. The van der Waals surface area contributed by atoms with Gasteiger partial charge in [-0.1, -0.05) is 0 Å². The highest BCUT2D eigenvalue weighted by atomic mass is 32.1. The molecule has 1 aliphatic rings. The van der Waals surface area contributed by atoms with Crippen molar-refractivity contribution in [2.75, 3.05) is 20.3 Å². The fourth-order valence-corrected chi connectivity index (χ4v) is 3.16. The average molecular weight is 225 g/mol. The van der Waals surface area contributed by atoms with E-state index in [-0.39, 0.29) is 0 Å². The van der Waals surface area contributed by atoms with Crippen LogP contribution in [0, 0.1) is 12.8 Å². The fourth-order valence-electron chi connectivity index (χ4n) is 2.41. The van der Waals surface area contributed by atoms with Gasteiger partial charge in [0.1, 0.15) is 0 Å². The lowest BCUT2D eigenvalue weighted by Crippen LogP contribution is -2.30. The first-order chi connectivity index (χ1) is 7.33. The van der Waals surface area contributed by atoms with E-state index in [0.29, 0.717) is 6.04 Å². The first-order valence-electron chi connectivity index (χ1n) is 5.62. The Hall–Kier alpha value is -0.380. The van der Waals surface area contributed by atoms with Gasteiger partial charge in [0, 0.05) is 24.1 Å². The molecule has 1 unspecified atom stereocenters. The molecule has 0 spiro atoms. The largest absolute Gasteiger partial charge is 0.381 e. The van der Waals surface area contributed by atoms with Gasteiger partial charge < -0.3 is 10.1 Å². The molecule has 0 bridgehead atoms. The maximum absolute atomic E-state index is 5.42. The molecule has 2 nitrogen and oxygen atoms in total. The van der Waals surface area contributed by atoms with Crippen molar-refractivity contribution in [1.29, 1.82) is 0 Å². The number of hydrogen-bond acceptors (Lipinski definition) is 3. The van der Waals surface area contributed by atoms with Crippen molar-refractivity contribution in [3.63, 3.8) is 0 Å². The van der Waals surface area contributed by atoms with Crippen LogP contribution in [0.3, 0.4) is 0 Å². The summed E-state index contributed by atoms with van der Waals surface area (Å²) in [5, 5.41) is 5.65. The lowest BCUT2D eigenvalue weighted by atomic mass is 9.87. The summed E-state index contributed by atoms with van der Waals surface area (Å²) in [6.45, 7) is 4.06. The molecule has 0 amide bonds. The van der Waals surface area contributed by atoms with Crippen molar-refractivity contribution < 1.29 is 4.74 Å². The molecular weight excluding hydrogens is 206 g/mol. The maximum atomic E-state index is 5.42. The van der Waals surface area contributed by atoms with E-state index in [0.717, 1.165) is 19.1 Å². The lowest BCUT2D eigenvalue weighted by molar-refractivity contribution is 0.0546. The maximum Gasteiger partial charge on any atom is 0.0469 e. The Labute approximate surface area is 95.6 Å². The van der Waals surface area contributed by atoms with Crippen molar-refractivity contribution in [3.05, 3.63) is 21.9 Å². The third-order valence-corrected chi connectivity index (χ3v) is 4.14. The summed E-state index contributed by atoms with van der Waals surface area (Å²) >= 11 is 1.84. The second kappa shape index (κ2) is 5.10. The predicted octanol–water partition coefficient (Wildman–Crippen LogP) is 2.74. The van der Waals surface area contributed by atoms with Crippen LogP contribution in [0.5, 0.6) is 0 Å². The molecule has 15 heavy (non-hydrogen) atoms. The molecule has 1 saturated heterocycles. The molecule has 1 aliphatic heterocycles. The fraction of sp³-hybridized carbons (Fsp3) is 0.667. The number of nitrogens with one attached hydrogen (secondary N) is 1. The molecule has 0 aromatic carbocycles. The molecule has 1 fully saturated rings. The molecule has 3 heteroatoms. The molecule has 0 saturated carbocycles. The quantitative estimate of drug-likeness (QED) is 0.854. The molecule has 2 rings (SSSR count). The molecule has 0 radical (unpaired) electrons. The van der Waals surface area contributed by atoms with Crippen LogP contribution in [0.25, 0.3) is 0 Å². The van der Waals surface area contributed by atoms with Crippen molar-refractivity contribution in [2.45, 2.75) is 25.8 Å². The van der Waals surface area contributed by atoms with Crippen LogP contribution < -0.4 is 5.32 Å². The summed E-state index contributed by atoms with van der Waals surface area (Å²) in [5.41, 5.74) is 1.48. The summed E-state index contributed by atoms with van der Waals surface area (Å²) in [6, 6.07) is 2.77. The number of aryl methyl sites for hydroxylation is 1. The molecule has 1 aromatic heterocycles. The van der Waals surface area contributed by atoms with Crippen LogP contribution in [0.15, 0.2) is 11.4 Å². The van der Waals surface area contributed by atoms with Crippen molar-refractivity contribution in [3.8, 4) is 0 Å². The van der Waals surface area contributed by atoms with Gasteiger partial charge in [0.25, 0.3) is 0 Å². The Morgan fingerprint density at radius 1 is 1.47 bits per heavy atom. The average Bonchev–Trinajstić information content (AvgIpc) is 2.68. The zero-order chi connectivity index (χ0) is 10.7. The summed E-state index contributed by atoms with van der Waals surface area (Å²) in [6.07, 6.45) is 2.36. The van der Waals surface area contributed by atoms with E-state index < -0.39 is 0 Å². The molecular formula is C12H19NOS. The van der Waals surface area contributed by atoms with Gasteiger partial charge in [-0.15, -0.1) is 11.3 Å². The zero-order valence-electron chi connectivity index (χ0n) is 9.45. The van der Waals surface area contributed by atoms with Gasteiger partial charge in [-0.2, -0.15) is 0 Å². The molecule has 2 heterocycles. The van der Waals surface area contributed by atoms with Gasteiger partial charge in [0.05, 0.1) is 0 Å². The smallest absolute Gasteiger partial charge is 0.0469 e. The summed E-state index contributed by atoms with van der Waals surface area (Å²) in [5.74, 6) is 0.733. The van der Waals surface area contributed by atoms with E-state index in [9.17, 15) is 0 Å². The van der Waals surface area contributed by atoms with Gasteiger partial charge in [-0.05, 0) is 49.7 Å². The monoisotopic (exact) mass is 225 g/mol. The minimum atomic E-state index is 0.514. The number of hydrogen-bond donors (Lipinski definition) is 1. The Balaban J connectivity index is 2.12. The Morgan fingerprint density at radius 3 is 2.73 bits per heavy atom. The van der Waals surface area contributed by atoms with Crippen LogP contribution in [-0.2, 0) is 4.74 Å². The Morgan fingerprint density at radius 2 is 2.20 bits per heavy atom. The lowest BCUT2D eigenvalue weighted by Gasteiger charge is -2.30. The Bertz CT molecular complexity index is 304. The SMILES string of the molecule is CNC(c1ccsc1C)C1CCOCC1. The first-order valence-corrected chi connectivity index (χ1v) is 6.50. The van der Waals surface area contributed by atoms with Crippen molar-refractivity contribution in [1.82, 2.24) is 5.32 Å². The summed E-state index contributed by atoms with van der Waals surface area (Å²) in [7, 11) is 2.07. The van der Waals surface area contributed by atoms with Gasteiger partial charge in [-0.3, -0.25) is 0 Å². The Kier molecular flexibility index (Phi) is 3.78. The second-order valence-electron chi connectivity index (χ2n) is 4.15. The topological polar surface area (TPSA) is 21.3 Å². The summed E-state index contributed by atoms with van der Waals surface area (Å²) in [4.78, 5) is 1.45. The van der Waals surface area contributed by atoms with Crippen LogP contribution >= 0.6 is 11.3 Å². The summed E-state index contributed by atoms with van der Waals surface area (Å²) < 4.78 is 5.42. The molecule has 1 atom stereocenters. The van der Waals surface area contributed by atoms with Crippen molar-refractivity contribution in [2.24, 2.45) is 5.92 Å². The van der Waals surface area contributed by atoms with Crippen molar-refractivity contribution >= 4 is 11.3 Å². The van der Waals surface area contributed by atoms with Crippen LogP contribution in [0.4, 0.5) is 0 Å². The van der Waals surface area contributed by atoms with Gasteiger partial charge in [0.2, 0.25) is 0 Å². The van der Waals surface area contributed by atoms with Gasteiger partial charge in [0.15, 0.2) is 0 Å². The van der Waals surface area contributed by atoms with Crippen LogP contribution in [0.2, 0.25) is 0 Å². The standard InChI is InChI=1S/C12H19NOS/c1-9-11(5-8-15-9)12(13-2)10-3-6-14-7-4-10/h5,8,10,12-13H,3-4,6-7H2,1-2H3. The number of ether oxygens (including phenoxy) is 1. The normalized spacial score (nSPS) is 20.4.